The fraction of sp³-hybridized carbons (Fsp3) is 0.706. The van der Waals surface area contributed by atoms with E-state index in [9.17, 15) is 0 Å². The van der Waals surface area contributed by atoms with E-state index in [1.807, 2.05) is 12.3 Å². The van der Waals surface area contributed by atoms with Gasteiger partial charge in [-0.15, -0.1) is 0 Å². The van der Waals surface area contributed by atoms with E-state index in [1.54, 1.807) is 6.20 Å². The lowest BCUT2D eigenvalue weighted by Gasteiger charge is -2.47. The van der Waals surface area contributed by atoms with Crippen LogP contribution in [-0.4, -0.2) is 41.6 Å². The minimum absolute atomic E-state index is 0.220. The molecule has 0 radical (unpaired) electrons. The van der Waals surface area contributed by atoms with Crippen molar-refractivity contribution in [1.82, 2.24) is 15.2 Å². The molecule has 0 amide bonds. The molecular weight excluding hydrogens is 282 g/mol. The molecule has 21 heavy (non-hydrogen) atoms. The number of hydrogen-bond acceptors (Lipinski definition) is 3. The molecule has 1 fully saturated rings. The first-order chi connectivity index (χ1) is 10.2. The monoisotopic (exact) mass is 309 g/mol. The van der Waals surface area contributed by atoms with Crippen molar-refractivity contribution in [1.29, 1.82) is 0 Å². The van der Waals surface area contributed by atoms with Crippen molar-refractivity contribution in [3.8, 4) is 0 Å². The third kappa shape index (κ3) is 3.41. The second-order valence-corrected chi connectivity index (χ2v) is 6.42. The molecule has 1 aromatic heterocycles. The average Bonchev–Trinajstić information content (AvgIpc) is 3.04. The number of pyridine rings is 1. The van der Waals surface area contributed by atoms with E-state index in [4.69, 9.17) is 11.6 Å². The third-order valence-corrected chi connectivity index (χ3v) is 5.58. The molecule has 2 heterocycles. The van der Waals surface area contributed by atoms with Gasteiger partial charge in [0.1, 0.15) is 0 Å². The zero-order valence-electron chi connectivity index (χ0n) is 13.5. The van der Waals surface area contributed by atoms with Gasteiger partial charge in [-0.2, -0.15) is 0 Å². The Morgan fingerprint density at radius 1 is 1.33 bits per heavy atom. The molecule has 2 rings (SSSR count). The van der Waals surface area contributed by atoms with Gasteiger partial charge in [0.15, 0.2) is 0 Å². The Morgan fingerprint density at radius 2 is 2.00 bits per heavy atom. The van der Waals surface area contributed by atoms with Crippen LogP contribution in [0.3, 0.4) is 0 Å². The van der Waals surface area contributed by atoms with Crippen LogP contribution in [0.15, 0.2) is 18.5 Å². The summed E-state index contributed by atoms with van der Waals surface area (Å²) in [4.78, 5) is 6.79. The molecule has 0 spiro atoms. The van der Waals surface area contributed by atoms with Crippen molar-refractivity contribution in [2.45, 2.75) is 57.5 Å². The minimum atomic E-state index is 0.220. The van der Waals surface area contributed by atoms with Crippen LogP contribution in [0.5, 0.6) is 0 Å². The highest BCUT2D eigenvalue weighted by atomic mass is 35.5. The first-order valence-corrected chi connectivity index (χ1v) is 8.56. The van der Waals surface area contributed by atoms with Crippen molar-refractivity contribution >= 4 is 11.6 Å². The number of nitrogens with one attached hydrogen (secondary N) is 1. The maximum Gasteiger partial charge on any atom is 0.0621 e. The summed E-state index contributed by atoms with van der Waals surface area (Å²) < 4.78 is 0. The Balaban J connectivity index is 2.25. The first kappa shape index (κ1) is 16.7. The van der Waals surface area contributed by atoms with Gasteiger partial charge in [-0.05, 0) is 63.9 Å². The van der Waals surface area contributed by atoms with Crippen LogP contribution < -0.4 is 5.32 Å². The van der Waals surface area contributed by atoms with Crippen LogP contribution in [-0.2, 0) is 6.42 Å². The second kappa shape index (κ2) is 7.57. The van der Waals surface area contributed by atoms with E-state index in [0.717, 1.165) is 24.3 Å². The fourth-order valence-corrected chi connectivity index (χ4v) is 4.12. The number of likely N-dealkylation sites (tertiary alicyclic amines) is 1. The Kier molecular flexibility index (Phi) is 6.03. The topological polar surface area (TPSA) is 28.2 Å². The molecule has 1 atom stereocenters. The SMILES string of the molecule is CCC(CC)(C(Cc1ccncc1Cl)NC)N1CCCC1. The van der Waals surface area contributed by atoms with Gasteiger partial charge >= 0.3 is 0 Å². The van der Waals surface area contributed by atoms with E-state index in [-0.39, 0.29) is 5.54 Å². The quantitative estimate of drug-likeness (QED) is 0.835. The molecule has 0 aliphatic carbocycles. The number of aromatic nitrogens is 1. The lowest BCUT2D eigenvalue weighted by atomic mass is 9.80. The number of hydrogen-bond donors (Lipinski definition) is 1. The summed E-state index contributed by atoms with van der Waals surface area (Å²) in [7, 11) is 2.08. The molecule has 1 aliphatic rings. The lowest BCUT2D eigenvalue weighted by molar-refractivity contribution is 0.0650. The standard InChI is InChI=1S/C17H28ClN3/c1-4-17(5-2,21-10-6-7-11-21)16(19-3)12-14-8-9-20-13-15(14)18/h8-9,13,16,19H,4-7,10-12H2,1-3H3. The van der Waals surface area contributed by atoms with Crippen molar-refractivity contribution in [2.24, 2.45) is 0 Å². The van der Waals surface area contributed by atoms with Crippen molar-refractivity contribution < 1.29 is 0 Å². The zero-order chi connectivity index (χ0) is 15.3. The molecule has 3 nitrogen and oxygen atoms in total. The Morgan fingerprint density at radius 3 is 2.52 bits per heavy atom. The van der Waals surface area contributed by atoms with Gasteiger partial charge in [-0.3, -0.25) is 9.88 Å². The average molecular weight is 310 g/mol. The predicted molar refractivity (Wildman–Crippen MR) is 89.9 cm³/mol. The van der Waals surface area contributed by atoms with Crippen LogP contribution in [0.4, 0.5) is 0 Å². The van der Waals surface area contributed by atoms with Gasteiger partial charge in [-0.1, -0.05) is 25.4 Å². The predicted octanol–water partition coefficient (Wildman–Crippen LogP) is 3.52. The van der Waals surface area contributed by atoms with Gasteiger partial charge in [0.2, 0.25) is 0 Å². The molecule has 1 aromatic rings. The highest BCUT2D eigenvalue weighted by Crippen LogP contribution is 2.33. The molecule has 118 valence electrons. The van der Waals surface area contributed by atoms with Gasteiger partial charge in [0.25, 0.3) is 0 Å². The number of nitrogens with zero attached hydrogens (tertiary/aromatic N) is 2. The largest absolute Gasteiger partial charge is 0.315 e. The van der Waals surface area contributed by atoms with Crippen LogP contribution in [0, 0.1) is 0 Å². The summed E-state index contributed by atoms with van der Waals surface area (Å²) in [5.41, 5.74) is 1.41. The van der Waals surface area contributed by atoms with E-state index >= 15 is 0 Å². The smallest absolute Gasteiger partial charge is 0.0621 e. The summed E-state index contributed by atoms with van der Waals surface area (Å²) >= 11 is 6.32. The van der Waals surface area contributed by atoms with Gasteiger partial charge in [0, 0.05) is 24.0 Å². The van der Waals surface area contributed by atoms with Crippen molar-refractivity contribution in [2.75, 3.05) is 20.1 Å². The third-order valence-electron chi connectivity index (χ3n) is 5.24. The lowest BCUT2D eigenvalue weighted by Crippen LogP contribution is -2.60. The van der Waals surface area contributed by atoms with E-state index in [0.29, 0.717) is 6.04 Å². The van der Waals surface area contributed by atoms with Gasteiger partial charge in [-0.25, -0.2) is 0 Å². The number of likely N-dealkylation sites (N-methyl/N-ethyl adjacent to an activating group) is 1. The van der Waals surface area contributed by atoms with Crippen molar-refractivity contribution in [3.63, 3.8) is 0 Å². The summed E-state index contributed by atoms with van der Waals surface area (Å²) in [6.07, 6.45) is 9.52. The molecule has 0 saturated carbocycles. The molecule has 1 aliphatic heterocycles. The fourth-order valence-electron chi connectivity index (χ4n) is 3.92. The summed E-state index contributed by atoms with van der Waals surface area (Å²) in [5, 5.41) is 4.35. The maximum atomic E-state index is 6.32. The van der Waals surface area contributed by atoms with Crippen LogP contribution in [0.1, 0.15) is 45.1 Å². The first-order valence-electron chi connectivity index (χ1n) is 8.18. The van der Waals surface area contributed by atoms with E-state index < -0.39 is 0 Å². The molecule has 1 saturated heterocycles. The molecule has 1 unspecified atom stereocenters. The Labute approximate surface area is 134 Å². The molecule has 4 heteroatoms. The van der Waals surface area contributed by atoms with Gasteiger partial charge in [0.05, 0.1) is 5.02 Å². The molecule has 1 N–H and O–H groups in total. The number of halogens is 1. The minimum Gasteiger partial charge on any atom is -0.315 e. The Bertz CT molecular complexity index is 439. The van der Waals surface area contributed by atoms with Crippen LogP contribution in [0.2, 0.25) is 5.02 Å². The maximum absolute atomic E-state index is 6.32. The Hall–Kier alpha value is -0.640. The van der Waals surface area contributed by atoms with Crippen LogP contribution >= 0.6 is 11.6 Å². The second-order valence-electron chi connectivity index (χ2n) is 6.02. The molecule has 0 bridgehead atoms. The van der Waals surface area contributed by atoms with Crippen LogP contribution in [0.25, 0.3) is 0 Å². The van der Waals surface area contributed by atoms with E-state index in [2.05, 4.69) is 36.1 Å². The zero-order valence-corrected chi connectivity index (χ0v) is 14.3. The highest BCUT2D eigenvalue weighted by molar-refractivity contribution is 6.31. The highest BCUT2D eigenvalue weighted by Gasteiger charge is 2.41. The molecule has 0 aromatic carbocycles. The summed E-state index contributed by atoms with van der Waals surface area (Å²) in [6.45, 7) is 7.09. The van der Waals surface area contributed by atoms with Crippen molar-refractivity contribution in [3.05, 3.63) is 29.0 Å². The normalized spacial score (nSPS) is 18.1. The van der Waals surface area contributed by atoms with Gasteiger partial charge < -0.3 is 5.32 Å². The molecular formula is C17H28ClN3. The van der Waals surface area contributed by atoms with E-state index in [1.165, 1.54) is 31.5 Å². The number of rotatable bonds is 7. The summed E-state index contributed by atoms with van der Waals surface area (Å²) in [6, 6.07) is 2.46. The summed E-state index contributed by atoms with van der Waals surface area (Å²) in [5.74, 6) is 0.